The molecule has 2 heterocycles. The third kappa shape index (κ3) is 1.69. The predicted molar refractivity (Wildman–Crippen MR) is 63.0 cm³/mol. The Morgan fingerprint density at radius 3 is 2.06 bits per heavy atom. The molecule has 0 aliphatic carbocycles. The van der Waals surface area contributed by atoms with E-state index in [1.807, 2.05) is 12.1 Å². The molecule has 0 bridgehead atoms. The first-order chi connectivity index (χ1) is 7.77. The van der Waals surface area contributed by atoms with E-state index in [-0.39, 0.29) is 5.82 Å². The Morgan fingerprint density at radius 2 is 1.56 bits per heavy atom. The maximum absolute atomic E-state index is 12.8. The summed E-state index contributed by atoms with van der Waals surface area (Å²) in [5.41, 5.74) is 1.17. The lowest BCUT2D eigenvalue weighted by atomic mass is 10.1. The fourth-order valence-corrected chi connectivity index (χ4v) is 2.85. The van der Waals surface area contributed by atoms with E-state index in [0.29, 0.717) is 0 Å². The van der Waals surface area contributed by atoms with Crippen LogP contribution >= 0.6 is 0 Å². The molecule has 0 amide bonds. The SMILES string of the molecule is Fc1ccc(N2CC[N+]3(CCC3)CC2)cc1. The van der Waals surface area contributed by atoms with Gasteiger partial charge in [0.05, 0.1) is 39.3 Å². The first kappa shape index (κ1) is 10.1. The van der Waals surface area contributed by atoms with Crippen molar-refractivity contribution in [1.29, 1.82) is 0 Å². The topological polar surface area (TPSA) is 3.24 Å². The minimum absolute atomic E-state index is 0.146. The molecule has 1 spiro atoms. The summed E-state index contributed by atoms with van der Waals surface area (Å²) < 4.78 is 14.2. The van der Waals surface area contributed by atoms with Crippen LogP contribution in [0.4, 0.5) is 10.1 Å². The molecule has 2 aliphatic rings. The molecule has 0 atom stereocenters. The Hall–Kier alpha value is -1.09. The summed E-state index contributed by atoms with van der Waals surface area (Å²) in [5.74, 6) is -0.146. The predicted octanol–water partition coefficient (Wildman–Crippen LogP) is 1.87. The number of nitrogens with zero attached hydrogens (tertiary/aromatic N) is 2. The molecule has 0 aromatic heterocycles. The molecule has 2 saturated heterocycles. The first-order valence-electron chi connectivity index (χ1n) is 6.13. The van der Waals surface area contributed by atoms with Crippen LogP contribution < -0.4 is 4.90 Å². The fourth-order valence-electron chi connectivity index (χ4n) is 2.85. The van der Waals surface area contributed by atoms with Gasteiger partial charge in [-0.2, -0.15) is 0 Å². The van der Waals surface area contributed by atoms with Crippen LogP contribution in [0.1, 0.15) is 6.42 Å². The molecule has 86 valence electrons. The van der Waals surface area contributed by atoms with Gasteiger partial charge in [-0.15, -0.1) is 0 Å². The molecule has 1 aromatic rings. The van der Waals surface area contributed by atoms with Crippen molar-refractivity contribution >= 4 is 5.69 Å². The number of hydrogen-bond donors (Lipinski definition) is 0. The van der Waals surface area contributed by atoms with Gasteiger partial charge in [-0.3, -0.25) is 0 Å². The van der Waals surface area contributed by atoms with Crippen LogP contribution in [0.25, 0.3) is 0 Å². The zero-order valence-corrected chi connectivity index (χ0v) is 9.53. The van der Waals surface area contributed by atoms with Gasteiger partial charge in [0.1, 0.15) is 5.82 Å². The number of anilines is 1. The van der Waals surface area contributed by atoms with Crippen LogP contribution in [0.5, 0.6) is 0 Å². The van der Waals surface area contributed by atoms with Crippen LogP contribution in [-0.2, 0) is 0 Å². The Labute approximate surface area is 95.9 Å². The molecule has 3 rings (SSSR count). The number of halogens is 1. The van der Waals surface area contributed by atoms with Crippen molar-refractivity contribution < 1.29 is 8.87 Å². The molecule has 1 aromatic carbocycles. The maximum Gasteiger partial charge on any atom is 0.123 e. The molecule has 0 unspecified atom stereocenters. The highest BCUT2D eigenvalue weighted by Gasteiger charge is 2.38. The number of rotatable bonds is 1. The lowest BCUT2D eigenvalue weighted by molar-refractivity contribution is -0.964. The standard InChI is InChI=1S/C13H18FN2/c14-12-2-4-13(5-3-12)15-6-10-16(11-7-15)8-1-9-16/h2-5H,1,6-11H2/q+1. The number of piperazine rings is 1. The summed E-state index contributed by atoms with van der Waals surface area (Å²) in [5, 5.41) is 0. The molecule has 0 saturated carbocycles. The van der Waals surface area contributed by atoms with Crippen molar-refractivity contribution in [2.45, 2.75) is 6.42 Å². The highest BCUT2D eigenvalue weighted by Crippen LogP contribution is 2.25. The highest BCUT2D eigenvalue weighted by molar-refractivity contribution is 5.46. The average Bonchev–Trinajstić information content (AvgIpc) is 2.28. The van der Waals surface area contributed by atoms with Gasteiger partial charge in [0.2, 0.25) is 0 Å². The minimum Gasteiger partial charge on any atom is -0.360 e. The van der Waals surface area contributed by atoms with Gasteiger partial charge in [0.25, 0.3) is 0 Å². The molecule has 3 heteroatoms. The van der Waals surface area contributed by atoms with Crippen molar-refractivity contribution in [3.05, 3.63) is 30.1 Å². The summed E-state index contributed by atoms with van der Waals surface area (Å²) in [6, 6.07) is 6.89. The summed E-state index contributed by atoms with van der Waals surface area (Å²) >= 11 is 0. The lowest BCUT2D eigenvalue weighted by Crippen LogP contribution is -2.65. The Kier molecular flexibility index (Phi) is 2.36. The normalized spacial score (nSPS) is 23.2. The van der Waals surface area contributed by atoms with Crippen molar-refractivity contribution in [3.8, 4) is 0 Å². The number of hydrogen-bond acceptors (Lipinski definition) is 1. The Morgan fingerprint density at radius 1 is 0.938 bits per heavy atom. The Balaban J connectivity index is 1.67. The highest BCUT2D eigenvalue weighted by atomic mass is 19.1. The van der Waals surface area contributed by atoms with Gasteiger partial charge in [-0.05, 0) is 24.3 Å². The van der Waals surface area contributed by atoms with Gasteiger partial charge in [-0.25, -0.2) is 4.39 Å². The third-order valence-electron chi connectivity index (χ3n) is 4.15. The van der Waals surface area contributed by atoms with Gasteiger partial charge in [0.15, 0.2) is 0 Å². The minimum atomic E-state index is -0.146. The summed E-state index contributed by atoms with van der Waals surface area (Å²) in [4.78, 5) is 2.38. The molecular formula is C13H18FN2+. The molecule has 2 aliphatic heterocycles. The monoisotopic (exact) mass is 221 g/mol. The zero-order chi connectivity index (χ0) is 11.0. The van der Waals surface area contributed by atoms with E-state index in [1.165, 1.54) is 42.8 Å². The molecule has 0 radical (unpaired) electrons. The third-order valence-corrected chi connectivity index (χ3v) is 4.15. The second kappa shape index (κ2) is 3.74. The van der Waals surface area contributed by atoms with E-state index in [1.54, 1.807) is 12.1 Å². The average molecular weight is 221 g/mol. The molecule has 2 fully saturated rings. The van der Waals surface area contributed by atoms with Crippen LogP contribution in [0.3, 0.4) is 0 Å². The summed E-state index contributed by atoms with van der Waals surface area (Å²) in [7, 11) is 0. The van der Waals surface area contributed by atoms with Gasteiger partial charge >= 0.3 is 0 Å². The smallest absolute Gasteiger partial charge is 0.123 e. The van der Waals surface area contributed by atoms with E-state index in [2.05, 4.69) is 4.90 Å². The summed E-state index contributed by atoms with van der Waals surface area (Å²) in [6.07, 6.45) is 1.40. The number of quaternary nitrogens is 1. The largest absolute Gasteiger partial charge is 0.360 e. The van der Waals surface area contributed by atoms with Crippen LogP contribution in [0.2, 0.25) is 0 Å². The van der Waals surface area contributed by atoms with Crippen molar-refractivity contribution in [2.75, 3.05) is 44.2 Å². The lowest BCUT2D eigenvalue weighted by Gasteiger charge is -2.50. The van der Waals surface area contributed by atoms with E-state index in [9.17, 15) is 4.39 Å². The second-order valence-electron chi connectivity index (χ2n) is 5.05. The van der Waals surface area contributed by atoms with E-state index in [0.717, 1.165) is 13.1 Å². The molecule has 2 nitrogen and oxygen atoms in total. The maximum atomic E-state index is 12.8. The fraction of sp³-hybridized carbons (Fsp3) is 0.538. The molecule has 16 heavy (non-hydrogen) atoms. The van der Waals surface area contributed by atoms with Gasteiger partial charge in [-0.1, -0.05) is 0 Å². The first-order valence-corrected chi connectivity index (χ1v) is 6.13. The van der Waals surface area contributed by atoms with Crippen molar-refractivity contribution in [1.82, 2.24) is 0 Å². The van der Waals surface area contributed by atoms with E-state index in [4.69, 9.17) is 0 Å². The van der Waals surface area contributed by atoms with Crippen LogP contribution in [0.15, 0.2) is 24.3 Å². The Bertz CT molecular complexity index is 360. The van der Waals surface area contributed by atoms with E-state index >= 15 is 0 Å². The molecule has 0 N–H and O–H groups in total. The summed E-state index contributed by atoms with van der Waals surface area (Å²) in [6.45, 7) is 7.50. The second-order valence-corrected chi connectivity index (χ2v) is 5.05. The zero-order valence-electron chi connectivity index (χ0n) is 9.53. The molecular weight excluding hydrogens is 203 g/mol. The van der Waals surface area contributed by atoms with Gasteiger partial charge < -0.3 is 9.38 Å². The quantitative estimate of drug-likeness (QED) is 0.654. The van der Waals surface area contributed by atoms with Crippen LogP contribution in [0, 0.1) is 5.82 Å². The van der Waals surface area contributed by atoms with Crippen molar-refractivity contribution in [3.63, 3.8) is 0 Å². The van der Waals surface area contributed by atoms with E-state index < -0.39 is 0 Å². The van der Waals surface area contributed by atoms with Crippen molar-refractivity contribution in [2.24, 2.45) is 0 Å². The van der Waals surface area contributed by atoms with Gasteiger partial charge in [0, 0.05) is 12.1 Å². The van der Waals surface area contributed by atoms with Crippen LogP contribution in [-0.4, -0.2) is 43.8 Å². The number of benzene rings is 1.